The molecule has 0 radical (unpaired) electrons. The maximum atomic E-state index is 12.1. The Morgan fingerprint density at radius 3 is 2.54 bits per heavy atom. The normalized spacial score (nSPS) is 23.2. The lowest BCUT2D eigenvalue weighted by atomic mass is 10.4. The van der Waals surface area contributed by atoms with Crippen molar-refractivity contribution in [1.29, 1.82) is 0 Å². The lowest BCUT2D eigenvalue weighted by Gasteiger charge is -2.20. The van der Waals surface area contributed by atoms with Gasteiger partial charge in [-0.15, -0.1) is 0 Å². The molecular weight excluding hydrogens is 207 g/mol. The third-order valence-corrected chi connectivity index (χ3v) is 2.74. The van der Waals surface area contributed by atoms with Gasteiger partial charge < -0.3 is 9.90 Å². The molecule has 74 valence electrons. The van der Waals surface area contributed by atoms with Crippen molar-refractivity contribution in [3.8, 4) is 0 Å². The summed E-state index contributed by atoms with van der Waals surface area (Å²) in [6.45, 7) is 0. The first-order valence-electron chi connectivity index (χ1n) is 3.21. The molecule has 1 amide bonds. The highest BCUT2D eigenvalue weighted by Gasteiger charge is 2.46. The fourth-order valence-electron chi connectivity index (χ4n) is 0.936. The van der Waals surface area contributed by atoms with Crippen LogP contribution in [-0.2, 0) is 10.9 Å². The zero-order valence-electron chi connectivity index (χ0n) is 6.59. The van der Waals surface area contributed by atoms with Gasteiger partial charge in [0.1, 0.15) is 17.8 Å². The van der Waals surface area contributed by atoms with Crippen LogP contribution >= 0.6 is 0 Å². The molecule has 0 N–H and O–H groups in total. The number of halogens is 3. The van der Waals surface area contributed by atoms with Gasteiger partial charge in [-0.2, -0.15) is 13.2 Å². The minimum atomic E-state index is -4.61. The van der Waals surface area contributed by atoms with Gasteiger partial charge in [-0.1, -0.05) is 0 Å². The zero-order valence-corrected chi connectivity index (χ0v) is 7.41. The van der Waals surface area contributed by atoms with Gasteiger partial charge in [0.2, 0.25) is 0 Å². The number of allylic oxidation sites excluding steroid dienone is 1. The number of amides is 1. The van der Waals surface area contributed by atoms with Crippen molar-refractivity contribution >= 4 is 17.0 Å². The Balaban J connectivity index is 2.93. The molecule has 0 aliphatic carbocycles. The van der Waals surface area contributed by atoms with E-state index in [0.29, 0.717) is 0 Å². The van der Waals surface area contributed by atoms with E-state index in [2.05, 4.69) is 0 Å². The van der Waals surface area contributed by atoms with Crippen LogP contribution in [-0.4, -0.2) is 29.3 Å². The quantitative estimate of drug-likeness (QED) is 0.541. The first-order valence-corrected chi connectivity index (χ1v) is 5.08. The molecule has 1 aliphatic rings. The second-order valence-electron chi connectivity index (χ2n) is 2.51. The smallest absolute Gasteiger partial charge is 0.435 e. The van der Waals surface area contributed by atoms with Gasteiger partial charge in [0.25, 0.3) is 0 Å². The predicted octanol–water partition coefficient (Wildman–Crippen LogP) is 0.255. The first kappa shape index (κ1) is 10.2. The number of hydrogen-bond acceptors (Lipinski definition) is 2. The summed E-state index contributed by atoms with van der Waals surface area (Å²) >= 11 is 0. The first-order chi connectivity index (χ1) is 5.82. The van der Waals surface area contributed by atoms with Crippen LogP contribution in [0.3, 0.4) is 0 Å². The highest BCUT2D eigenvalue weighted by atomic mass is 32.2. The van der Waals surface area contributed by atoms with Crippen molar-refractivity contribution < 1.29 is 23.1 Å². The molecule has 1 heterocycles. The van der Waals surface area contributed by atoms with Crippen LogP contribution in [0.1, 0.15) is 0 Å². The summed E-state index contributed by atoms with van der Waals surface area (Å²) in [7, 11) is -0.677. The molecule has 7 heteroatoms. The molecule has 1 atom stereocenters. The van der Waals surface area contributed by atoms with E-state index in [1.54, 1.807) is 0 Å². The van der Waals surface area contributed by atoms with E-state index in [1.165, 1.54) is 6.26 Å². The molecule has 1 unspecified atom stereocenters. The summed E-state index contributed by atoms with van der Waals surface area (Å²) in [6.07, 6.45) is -4.88. The van der Waals surface area contributed by atoms with E-state index >= 15 is 0 Å². The highest BCUT2D eigenvalue weighted by molar-refractivity contribution is 7.99. The maximum Gasteiger partial charge on any atom is 0.435 e. The molecular formula is C6H6F3NO2S. The third-order valence-electron chi connectivity index (χ3n) is 1.45. The summed E-state index contributed by atoms with van der Waals surface area (Å²) in [5.41, 5.74) is -1.13. The van der Waals surface area contributed by atoms with E-state index in [1.807, 2.05) is 0 Å². The van der Waals surface area contributed by atoms with Crippen molar-refractivity contribution in [3.05, 3.63) is 11.1 Å². The molecule has 0 saturated heterocycles. The average Bonchev–Trinajstić information content (AvgIpc) is 2.29. The maximum absolute atomic E-state index is 12.1. The Labute approximate surface area is 75.2 Å². The van der Waals surface area contributed by atoms with Crippen molar-refractivity contribution in [2.45, 2.75) is 6.18 Å². The van der Waals surface area contributed by atoms with Gasteiger partial charge >= 0.3 is 6.18 Å². The standard InChI is InChI=1S/C6H6F3NO2S/c1-13-2-4(6(7,8)9)10(3-13)5(11)12/h2H,3H2,1H3. The van der Waals surface area contributed by atoms with Gasteiger partial charge in [0.05, 0.1) is 0 Å². The molecule has 13 heavy (non-hydrogen) atoms. The van der Waals surface area contributed by atoms with Crippen LogP contribution in [0.25, 0.3) is 0 Å². The predicted molar refractivity (Wildman–Crippen MR) is 39.5 cm³/mol. The monoisotopic (exact) mass is 213 g/mol. The molecule has 0 spiro atoms. The van der Waals surface area contributed by atoms with Crippen molar-refractivity contribution in [2.75, 3.05) is 12.1 Å². The van der Waals surface area contributed by atoms with E-state index in [-0.39, 0.29) is 10.8 Å². The largest absolute Gasteiger partial charge is 0.529 e. The van der Waals surface area contributed by atoms with Gasteiger partial charge in [0.15, 0.2) is 11.6 Å². The van der Waals surface area contributed by atoms with Crippen LogP contribution < -0.4 is 5.11 Å². The second-order valence-corrected chi connectivity index (χ2v) is 4.39. The van der Waals surface area contributed by atoms with Crippen LogP contribution in [0.5, 0.6) is 0 Å². The average molecular weight is 213 g/mol. The molecule has 0 fully saturated rings. The topological polar surface area (TPSA) is 43.4 Å². The number of hydrogen-bond donors (Lipinski definition) is 0. The van der Waals surface area contributed by atoms with Gasteiger partial charge in [-0.25, -0.2) is 0 Å². The molecule has 1 aliphatic heterocycles. The number of nitrogens with zero attached hydrogens (tertiary/aromatic N) is 1. The summed E-state index contributed by atoms with van der Waals surface area (Å²) in [5, 5.41) is 11.2. The Morgan fingerprint density at radius 2 is 2.23 bits per heavy atom. The summed E-state index contributed by atoms with van der Waals surface area (Å²) in [4.78, 5) is 10.5. The van der Waals surface area contributed by atoms with E-state index in [9.17, 15) is 23.1 Å². The third kappa shape index (κ3) is 2.09. The summed E-state index contributed by atoms with van der Waals surface area (Å²) in [5.74, 6) is -0.156. The van der Waals surface area contributed by atoms with E-state index in [4.69, 9.17) is 0 Å². The minimum Gasteiger partial charge on any atom is -0.529 e. The van der Waals surface area contributed by atoms with E-state index < -0.39 is 28.9 Å². The van der Waals surface area contributed by atoms with Gasteiger partial charge in [-0.05, 0) is 0 Å². The highest BCUT2D eigenvalue weighted by Crippen LogP contribution is 2.33. The molecule has 0 aromatic heterocycles. The SMILES string of the molecule is C[S+]1C=C(C(F)(F)F)N(C(=O)[O-])C1. The number of alkyl halides is 3. The zero-order chi connectivity index (χ0) is 10.2. The van der Waals surface area contributed by atoms with Crippen LogP contribution in [0.2, 0.25) is 0 Å². The summed E-state index contributed by atoms with van der Waals surface area (Å²) in [6, 6.07) is 0. The lowest BCUT2D eigenvalue weighted by molar-refractivity contribution is -0.265. The van der Waals surface area contributed by atoms with Crippen molar-refractivity contribution in [1.82, 2.24) is 4.90 Å². The fourth-order valence-corrected chi connectivity index (χ4v) is 2.30. The Hall–Kier alpha value is -0.850. The fraction of sp³-hybridized carbons (Fsp3) is 0.500. The van der Waals surface area contributed by atoms with Crippen LogP contribution in [0, 0.1) is 0 Å². The molecule has 1 rings (SSSR count). The number of rotatable bonds is 0. The molecule has 3 nitrogen and oxygen atoms in total. The lowest BCUT2D eigenvalue weighted by Crippen LogP contribution is -2.43. The van der Waals surface area contributed by atoms with Gasteiger partial charge in [-0.3, -0.25) is 4.90 Å². The number of carbonyl (C=O) groups is 1. The number of carboxylic acid groups (broad SMARTS) is 1. The number of carbonyl (C=O) groups excluding carboxylic acids is 1. The van der Waals surface area contributed by atoms with Crippen LogP contribution in [0.4, 0.5) is 18.0 Å². The van der Waals surface area contributed by atoms with Crippen molar-refractivity contribution in [2.24, 2.45) is 0 Å². The summed E-state index contributed by atoms with van der Waals surface area (Å²) < 4.78 is 36.4. The molecule has 0 bridgehead atoms. The van der Waals surface area contributed by atoms with Gasteiger partial charge in [0, 0.05) is 10.9 Å². The van der Waals surface area contributed by atoms with Crippen molar-refractivity contribution in [3.63, 3.8) is 0 Å². The Bertz CT molecular complexity index is 263. The van der Waals surface area contributed by atoms with E-state index in [0.717, 1.165) is 5.41 Å². The van der Waals surface area contributed by atoms with Crippen LogP contribution in [0.15, 0.2) is 11.1 Å². The minimum absolute atomic E-state index is 0.156. The molecule has 0 aromatic rings. The Morgan fingerprint density at radius 1 is 1.69 bits per heavy atom. The second kappa shape index (κ2) is 3.13. The Kier molecular flexibility index (Phi) is 2.47. The molecule has 0 saturated carbocycles. The molecule has 0 aromatic carbocycles.